The monoisotopic (exact) mass is 307 g/mol. The second kappa shape index (κ2) is 7.78. The first kappa shape index (κ1) is 17.2. The van der Waals surface area contributed by atoms with Crippen LogP contribution in [0, 0.1) is 5.92 Å². The van der Waals surface area contributed by atoms with E-state index in [0.29, 0.717) is 5.92 Å². The van der Waals surface area contributed by atoms with Gasteiger partial charge in [0.15, 0.2) is 0 Å². The molecule has 1 N–H and O–H groups in total. The summed E-state index contributed by atoms with van der Waals surface area (Å²) < 4.78 is 40.6. The van der Waals surface area contributed by atoms with Crippen LogP contribution < -0.4 is 10.1 Å². The zero-order valence-electron chi connectivity index (χ0n) is 11.8. The van der Waals surface area contributed by atoms with Crippen LogP contribution in [-0.2, 0) is 0 Å². The molecule has 114 valence electrons. The van der Waals surface area contributed by atoms with E-state index in [0.717, 1.165) is 17.1 Å². The van der Waals surface area contributed by atoms with Crippen LogP contribution in [0.15, 0.2) is 24.3 Å². The first-order valence-corrected chi connectivity index (χ1v) is 7.58. The molecule has 20 heavy (non-hydrogen) atoms. The maximum Gasteiger partial charge on any atom is 0.573 e. The SMILES string of the molecule is CNC(CSCC(C)C)c1cccc(OC(F)(F)F)c1. The van der Waals surface area contributed by atoms with Crippen LogP contribution in [0.2, 0.25) is 0 Å². The van der Waals surface area contributed by atoms with E-state index in [1.54, 1.807) is 30.9 Å². The van der Waals surface area contributed by atoms with E-state index >= 15 is 0 Å². The molecule has 0 fully saturated rings. The Morgan fingerprint density at radius 2 is 1.95 bits per heavy atom. The van der Waals surface area contributed by atoms with Crippen molar-refractivity contribution in [1.82, 2.24) is 5.32 Å². The molecular weight excluding hydrogens is 287 g/mol. The van der Waals surface area contributed by atoms with Gasteiger partial charge in [0.05, 0.1) is 0 Å². The lowest BCUT2D eigenvalue weighted by atomic mass is 10.1. The van der Waals surface area contributed by atoms with E-state index < -0.39 is 6.36 Å². The number of thioether (sulfide) groups is 1. The van der Waals surface area contributed by atoms with Gasteiger partial charge in [-0.25, -0.2) is 0 Å². The van der Waals surface area contributed by atoms with Gasteiger partial charge in [-0.2, -0.15) is 11.8 Å². The average molecular weight is 307 g/mol. The third-order valence-corrected chi connectivity index (χ3v) is 4.05. The maximum absolute atomic E-state index is 12.2. The molecule has 1 rings (SSSR count). The molecule has 6 heteroatoms. The van der Waals surface area contributed by atoms with Gasteiger partial charge in [0.1, 0.15) is 5.75 Å². The third kappa shape index (κ3) is 6.52. The van der Waals surface area contributed by atoms with Gasteiger partial charge >= 0.3 is 6.36 Å². The summed E-state index contributed by atoms with van der Waals surface area (Å²) in [6.07, 6.45) is -4.65. The minimum absolute atomic E-state index is 0.00975. The topological polar surface area (TPSA) is 21.3 Å². The Kier molecular flexibility index (Phi) is 6.68. The van der Waals surface area contributed by atoms with Crippen molar-refractivity contribution in [2.75, 3.05) is 18.6 Å². The van der Waals surface area contributed by atoms with Gasteiger partial charge in [-0.3, -0.25) is 0 Å². The van der Waals surface area contributed by atoms with E-state index in [9.17, 15) is 13.2 Å². The van der Waals surface area contributed by atoms with Crippen LogP contribution in [0.1, 0.15) is 25.5 Å². The molecule has 0 saturated heterocycles. The Morgan fingerprint density at radius 3 is 2.50 bits per heavy atom. The number of benzene rings is 1. The predicted molar refractivity (Wildman–Crippen MR) is 77.1 cm³/mol. The van der Waals surface area contributed by atoms with Gasteiger partial charge in [0.25, 0.3) is 0 Å². The summed E-state index contributed by atoms with van der Waals surface area (Å²) in [5.41, 5.74) is 0.797. The van der Waals surface area contributed by atoms with E-state index in [2.05, 4.69) is 23.9 Å². The van der Waals surface area contributed by atoms with Crippen LogP contribution >= 0.6 is 11.8 Å². The fourth-order valence-corrected chi connectivity index (χ4v) is 2.90. The number of alkyl halides is 3. The molecule has 0 aliphatic carbocycles. The molecular formula is C14H20F3NOS. The highest BCUT2D eigenvalue weighted by molar-refractivity contribution is 7.99. The van der Waals surface area contributed by atoms with E-state index in [-0.39, 0.29) is 11.8 Å². The Hall–Kier alpha value is -0.880. The van der Waals surface area contributed by atoms with Crippen molar-refractivity contribution >= 4 is 11.8 Å². The Bertz CT molecular complexity index is 410. The van der Waals surface area contributed by atoms with Gasteiger partial charge < -0.3 is 10.1 Å². The molecule has 0 aliphatic heterocycles. The molecule has 0 spiro atoms. The van der Waals surface area contributed by atoms with Crippen LogP contribution in [0.5, 0.6) is 5.75 Å². The first-order valence-electron chi connectivity index (χ1n) is 6.42. The smallest absolute Gasteiger partial charge is 0.406 e. The average Bonchev–Trinajstić information content (AvgIpc) is 2.32. The highest BCUT2D eigenvalue weighted by Gasteiger charge is 2.31. The molecule has 1 atom stereocenters. The van der Waals surface area contributed by atoms with Crippen molar-refractivity contribution in [2.45, 2.75) is 26.3 Å². The number of hydrogen-bond acceptors (Lipinski definition) is 3. The second-order valence-electron chi connectivity index (χ2n) is 4.89. The highest BCUT2D eigenvalue weighted by Crippen LogP contribution is 2.27. The summed E-state index contributed by atoms with van der Waals surface area (Å²) in [5, 5.41) is 3.12. The molecule has 0 saturated carbocycles. The predicted octanol–water partition coefficient (Wildman–Crippen LogP) is 4.23. The van der Waals surface area contributed by atoms with Gasteiger partial charge in [-0.15, -0.1) is 13.2 Å². The van der Waals surface area contributed by atoms with E-state index in [1.807, 2.05) is 0 Å². The van der Waals surface area contributed by atoms with Crippen LogP contribution in [-0.4, -0.2) is 24.9 Å². The van der Waals surface area contributed by atoms with Crippen molar-refractivity contribution in [2.24, 2.45) is 5.92 Å². The molecule has 2 nitrogen and oxygen atoms in total. The van der Waals surface area contributed by atoms with Crippen LogP contribution in [0.25, 0.3) is 0 Å². The molecule has 0 heterocycles. The summed E-state index contributed by atoms with van der Waals surface area (Å²) in [5.74, 6) is 2.25. The molecule has 0 aromatic heterocycles. The van der Waals surface area contributed by atoms with Crippen LogP contribution in [0.4, 0.5) is 13.2 Å². The largest absolute Gasteiger partial charge is 0.573 e. The standard InChI is InChI=1S/C14H20F3NOS/c1-10(2)8-20-9-13(18-3)11-5-4-6-12(7-11)19-14(15,16)17/h4-7,10,13,18H,8-9H2,1-3H3. The minimum atomic E-state index is -4.65. The minimum Gasteiger partial charge on any atom is -0.406 e. The summed E-state index contributed by atoms with van der Waals surface area (Å²) in [6, 6.07) is 6.14. The second-order valence-corrected chi connectivity index (χ2v) is 5.97. The normalized spacial score (nSPS) is 13.6. The van der Waals surface area contributed by atoms with Crippen molar-refractivity contribution in [3.05, 3.63) is 29.8 Å². The van der Waals surface area contributed by atoms with Gasteiger partial charge in [-0.1, -0.05) is 26.0 Å². The number of halogens is 3. The van der Waals surface area contributed by atoms with Crippen LogP contribution in [0.3, 0.4) is 0 Å². The summed E-state index contributed by atoms with van der Waals surface area (Å²) in [7, 11) is 1.80. The molecule has 1 aromatic rings. The zero-order chi connectivity index (χ0) is 15.2. The molecule has 0 aliphatic rings. The number of nitrogens with one attached hydrogen (secondary N) is 1. The molecule has 1 aromatic carbocycles. The summed E-state index contributed by atoms with van der Waals surface area (Å²) >= 11 is 1.78. The van der Waals surface area contributed by atoms with Crippen molar-refractivity contribution in [3.8, 4) is 5.75 Å². The Balaban J connectivity index is 2.70. The van der Waals surface area contributed by atoms with Gasteiger partial charge in [-0.05, 0) is 36.4 Å². The lowest BCUT2D eigenvalue weighted by Crippen LogP contribution is -2.20. The highest BCUT2D eigenvalue weighted by atomic mass is 32.2. The summed E-state index contributed by atoms with van der Waals surface area (Å²) in [6.45, 7) is 4.28. The third-order valence-electron chi connectivity index (χ3n) is 2.58. The molecule has 1 unspecified atom stereocenters. The Morgan fingerprint density at radius 1 is 1.25 bits per heavy atom. The fraction of sp³-hybridized carbons (Fsp3) is 0.571. The molecule has 0 amide bonds. The zero-order valence-corrected chi connectivity index (χ0v) is 12.6. The number of rotatable bonds is 7. The molecule has 0 radical (unpaired) electrons. The van der Waals surface area contributed by atoms with E-state index in [4.69, 9.17) is 0 Å². The summed E-state index contributed by atoms with van der Waals surface area (Å²) in [4.78, 5) is 0. The maximum atomic E-state index is 12.2. The van der Waals surface area contributed by atoms with Crippen molar-refractivity contribution in [1.29, 1.82) is 0 Å². The fourth-order valence-electron chi connectivity index (χ4n) is 1.70. The molecule has 0 bridgehead atoms. The van der Waals surface area contributed by atoms with Gasteiger partial charge in [0.2, 0.25) is 0 Å². The quantitative estimate of drug-likeness (QED) is 0.814. The first-order chi connectivity index (χ1) is 9.31. The number of ether oxygens (including phenoxy) is 1. The number of hydrogen-bond donors (Lipinski definition) is 1. The van der Waals surface area contributed by atoms with Crippen molar-refractivity contribution in [3.63, 3.8) is 0 Å². The lowest BCUT2D eigenvalue weighted by Gasteiger charge is -2.18. The van der Waals surface area contributed by atoms with Crippen molar-refractivity contribution < 1.29 is 17.9 Å². The Labute approximate surface area is 122 Å². The van der Waals surface area contributed by atoms with E-state index in [1.165, 1.54) is 12.1 Å². The van der Waals surface area contributed by atoms with Gasteiger partial charge in [0, 0.05) is 11.8 Å². The lowest BCUT2D eigenvalue weighted by molar-refractivity contribution is -0.274.